The fraction of sp³-hybridized carbons (Fsp3) is 0.176. The lowest BCUT2D eigenvalue weighted by molar-refractivity contribution is -0.119. The van der Waals surface area contributed by atoms with Crippen LogP contribution >= 0.6 is 11.3 Å². The van der Waals surface area contributed by atoms with E-state index in [0.717, 1.165) is 16.4 Å². The second-order valence-electron chi connectivity index (χ2n) is 4.96. The van der Waals surface area contributed by atoms with Crippen LogP contribution in [0, 0.1) is 0 Å². The Morgan fingerprint density at radius 2 is 2.00 bits per heavy atom. The van der Waals surface area contributed by atoms with Gasteiger partial charge in [0.15, 0.2) is 0 Å². The zero-order chi connectivity index (χ0) is 15.4. The third-order valence-electron chi connectivity index (χ3n) is 3.44. The summed E-state index contributed by atoms with van der Waals surface area (Å²) >= 11 is 1.52. The van der Waals surface area contributed by atoms with Crippen LogP contribution in [-0.4, -0.2) is 17.9 Å². The van der Waals surface area contributed by atoms with E-state index in [4.69, 9.17) is 0 Å². The van der Waals surface area contributed by atoms with E-state index in [1.54, 1.807) is 7.05 Å². The lowest BCUT2D eigenvalue weighted by atomic mass is 10.1. The number of carbonyl (C=O) groups is 1. The van der Waals surface area contributed by atoms with Crippen LogP contribution in [-0.2, 0) is 17.8 Å². The molecule has 2 aromatic carbocycles. The van der Waals surface area contributed by atoms with Gasteiger partial charge in [-0.2, -0.15) is 0 Å². The molecule has 3 rings (SSSR count). The normalized spacial score (nSPS) is 10.6. The molecule has 0 aliphatic carbocycles. The van der Waals surface area contributed by atoms with Crippen LogP contribution in [0.15, 0.2) is 47.8 Å². The van der Waals surface area contributed by atoms with Gasteiger partial charge < -0.3 is 10.6 Å². The molecule has 0 radical (unpaired) electrons. The lowest BCUT2D eigenvalue weighted by Crippen LogP contribution is -2.19. The van der Waals surface area contributed by atoms with Crippen LogP contribution in [0.25, 0.3) is 10.8 Å². The van der Waals surface area contributed by atoms with Gasteiger partial charge in [-0.1, -0.05) is 36.4 Å². The lowest BCUT2D eigenvalue weighted by Gasteiger charge is -2.08. The zero-order valence-electron chi connectivity index (χ0n) is 12.3. The molecule has 112 valence electrons. The highest BCUT2D eigenvalue weighted by Crippen LogP contribution is 2.23. The van der Waals surface area contributed by atoms with Crippen molar-refractivity contribution >= 4 is 33.7 Å². The molecule has 2 N–H and O–H groups in total. The number of anilines is 1. The van der Waals surface area contributed by atoms with E-state index >= 15 is 0 Å². The minimum atomic E-state index is -0.0112. The summed E-state index contributed by atoms with van der Waals surface area (Å²) in [5, 5.41) is 11.3. The number of rotatable bonds is 5. The van der Waals surface area contributed by atoms with Crippen LogP contribution in [0.1, 0.15) is 10.7 Å². The van der Waals surface area contributed by atoms with Crippen molar-refractivity contribution in [3.05, 3.63) is 58.5 Å². The molecule has 4 nitrogen and oxygen atoms in total. The van der Waals surface area contributed by atoms with Gasteiger partial charge in [-0.3, -0.25) is 4.79 Å². The molecule has 1 aromatic heterocycles. The standard InChI is InChI=1S/C17H17N3OS/c1-18-16(21)9-17-20-13(11-22-17)10-19-15-8-4-6-12-5-2-3-7-14(12)15/h2-8,11,19H,9-10H2,1H3,(H,18,21). The average Bonchev–Trinajstić information content (AvgIpc) is 3.00. The highest BCUT2D eigenvalue weighted by Gasteiger charge is 2.07. The zero-order valence-corrected chi connectivity index (χ0v) is 13.1. The van der Waals surface area contributed by atoms with E-state index in [9.17, 15) is 4.79 Å². The van der Waals surface area contributed by atoms with Gasteiger partial charge in [-0.25, -0.2) is 4.98 Å². The molecule has 1 amide bonds. The van der Waals surface area contributed by atoms with Crippen LogP contribution < -0.4 is 10.6 Å². The Kier molecular flexibility index (Phi) is 4.34. The topological polar surface area (TPSA) is 54.0 Å². The molecule has 0 atom stereocenters. The molecule has 0 saturated heterocycles. The molecular formula is C17H17N3OS. The van der Waals surface area contributed by atoms with Gasteiger partial charge >= 0.3 is 0 Å². The van der Waals surface area contributed by atoms with Crippen molar-refractivity contribution in [2.24, 2.45) is 0 Å². The molecule has 0 spiro atoms. The number of hydrogen-bond donors (Lipinski definition) is 2. The summed E-state index contributed by atoms with van der Waals surface area (Å²) in [6, 6.07) is 14.5. The van der Waals surface area contributed by atoms with Crippen LogP contribution in [0.4, 0.5) is 5.69 Å². The summed E-state index contributed by atoms with van der Waals surface area (Å²) in [4.78, 5) is 15.8. The Morgan fingerprint density at radius 1 is 1.18 bits per heavy atom. The van der Waals surface area contributed by atoms with Gasteiger partial charge in [0, 0.05) is 23.5 Å². The predicted molar refractivity (Wildman–Crippen MR) is 91.2 cm³/mol. The third kappa shape index (κ3) is 3.26. The molecule has 0 fully saturated rings. The van der Waals surface area contributed by atoms with Gasteiger partial charge in [0.1, 0.15) is 5.01 Å². The SMILES string of the molecule is CNC(=O)Cc1nc(CNc2cccc3ccccc23)cs1. The quantitative estimate of drug-likeness (QED) is 0.761. The number of likely N-dealkylation sites (N-methyl/N-ethyl adjacent to an activating group) is 1. The Bertz CT molecular complexity index is 792. The Morgan fingerprint density at radius 3 is 2.86 bits per heavy atom. The molecule has 3 aromatic rings. The van der Waals surface area contributed by atoms with Gasteiger partial charge in [0.05, 0.1) is 18.7 Å². The third-order valence-corrected chi connectivity index (χ3v) is 4.34. The van der Waals surface area contributed by atoms with E-state index in [1.807, 2.05) is 23.6 Å². The van der Waals surface area contributed by atoms with Crippen molar-refractivity contribution in [2.75, 3.05) is 12.4 Å². The Hall–Kier alpha value is -2.40. The van der Waals surface area contributed by atoms with E-state index < -0.39 is 0 Å². The number of fused-ring (bicyclic) bond motifs is 1. The molecule has 0 aliphatic heterocycles. The monoisotopic (exact) mass is 311 g/mol. The summed E-state index contributed by atoms with van der Waals surface area (Å²) in [5.41, 5.74) is 2.05. The summed E-state index contributed by atoms with van der Waals surface area (Å²) in [6.07, 6.45) is 0.343. The predicted octanol–water partition coefficient (Wildman–Crippen LogP) is 3.20. The van der Waals surface area contributed by atoms with Gasteiger partial charge in [0.2, 0.25) is 5.91 Å². The average molecular weight is 311 g/mol. The van der Waals surface area contributed by atoms with Gasteiger partial charge in [-0.15, -0.1) is 11.3 Å². The fourth-order valence-electron chi connectivity index (χ4n) is 2.30. The number of thiazole rings is 1. The molecule has 0 unspecified atom stereocenters. The first-order valence-corrected chi connectivity index (χ1v) is 8.00. The van der Waals surface area contributed by atoms with Crippen LogP contribution in [0.5, 0.6) is 0 Å². The van der Waals surface area contributed by atoms with E-state index in [-0.39, 0.29) is 5.91 Å². The number of nitrogens with one attached hydrogen (secondary N) is 2. The summed E-state index contributed by atoms with van der Waals surface area (Å²) < 4.78 is 0. The minimum Gasteiger partial charge on any atom is -0.379 e. The molecular weight excluding hydrogens is 294 g/mol. The van der Waals surface area contributed by atoms with Crippen molar-refractivity contribution in [1.29, 1.82) is 0 Å². The van der Waals surface area contributed by atoms with Crippen molar-refractivity contribution in [3.63, 3.8) is 0 Å². The minimum absolute atomic E-state index is 0.0112. The van der Waals surface area contributed by atoms with Crippen LogP contribution in [0.3, 0.4) is 0 Å². The number of carbonyl (C=O) groups excluding carboxylic acids is 1. The second kappa shape index (κ2) is 6.58. The van der Waals surface area contributed by atoms with Gasteiger partial charge in [0.25, 0.3) is 0 Å². The first-order chi connectivity index (χ1) is 10.8. The highest BCUT2D eigenvalue weighted by molar-refractivity contribution is 7.09. The van der Waals surface area contributed by atoms with Crippen LogP contribution in [0.2, 0.25) is 0 Å². The number of benzene rings is 2. The maximum atomic E-state index is 11.4. The van der Waals surface area contributed by atoms with Gasteiger partial charge in [-0.05, 0) is 11.5 Å². The Balaban J connectivity index is 1.70. The van der Waals surface area contributed by atoms with Crippen molar-refractivity contribution < 1.29 is 4.79 Å². The summed E-state index contributed by atoms with van der Waals surface area (Å²) in [5.74, 6) is -0.0112. The number of amides is 1. The number of hydrogen-bond acceptors (Lipinski definition) is 4. The molecule has 1 heterocycles. The van der Waals surface area contributed by atoms with Crippen molar-refractivity contribution in [3.8, 4) is 0 Å². The molecule has 22 heavy (non-hydrogen) atoms. The van der Waals surface area contributed by atoms with Crippen molar-refractivity contribution in [2.45, 2.75) is 13.0 Å². The number of nitrogens with zero attached hydrogens (tertiary/aromatic N) is 1. The van der Waals surface area contributed by atoms with E-state index in [0.29, 0.717) is 13.0 Å². The second-order valence-corrected chi connectivity index (χ2v) is 5.91. The molecule has 0 saturated carbocycles. The first kappa shape index (κ1) is 14.5. The maximum Gasteiger partial charge on any atom is 0.226 e. The molecule has 5 heteroatoms. The Labute approximate surface area is 133 Å². The molecule has 0 aliphatic rings. The first-order valence-electron chi connectivity index (χ1n) is 7.12. The summed E-state index contributed by atoms with van der Waals surface area (Å²) in [7, 11) is 1.64. The van der Waals surface area contributed by atoms with E-state index in [2.05, 4.69) is 39.9 Å². The highest BCUT2D eigenvalue weighted by atomic mass is 32.1. The number of aromatic nitrogens is 1. The summed E-state index contributed by atoms with van der Waals surface area (Å²) in [6.45, 7) is 0.651. The largest absolute Gasteiger partial charge is 0.379 e. The smallest absolute Gasteiger partial charge is 0.226 e. The molecule has 0 bridgehead atoms. The fourth-order valence-corrected chi connectivity index (χ4v) is 3.09. The van der Waals surface area contributed by atoms with E-state index in [1.165, 1.54) is 22.1 Å². The van der Waals surface area contributed by atoms with Crippen molar-refractivity contribution in [1.82, 2.24) is 10.3 Å². The maximum absolute atomic E-state index is 11.4.